The van der Waals surface area contributed by atoms with Crippen LogP contribution < -0.4 is 15.4 Å². The van der Waals surface area contributed by atoms with Gasteiger partial charge in [-0.05, 0) is 76.8 Å². The molecule has 1 amide bonds. The van der Waals surface area contributed by atoms with Crippen LogP contribution in [0.3, 0.4) is 0 Å². The maximum atomic E-state index is 14.6. The van der Waals surface area contributed by atoms with Gasteiger partial charge in [0.05, 0.1) is 23.2 Å². The third-order valence-corrected chi connectivity index (χ3v) is 6.13. The molecule has 0 unspecified atom stereocenters. The number of hydrogen-bond acceptors (Lipinski definition) is 6. The lowest BCUT2D eigenvalue weighted by molar-refractivity contribution is 0.0503. The van der Waals surface area contributed by atoms with Crippen molar-refractivity contribution in [2.45, 2.75) is 64.6 Å². The lowest BCUT2D eigenvalue weighted by Crippen LogP contribution is -2.45. The molecule has 2 aromatic carbocycles. The molecule has 0 spiro atoms. The highest BCUT2D eigenvalue weighted by Crippen LogP contribution is 2.38. The van der Waals surface area contributed by atoms with Crippen molar-refractivity contribution in [3.05, 3.63) is 47.4 Å². The number of carbonyl (C=O) groups excluding carboxylic acids is 1. The third kappa shape index (κ3) is 5.93. The number of nitrogens with zero attached hydrogens (tertiary/aromatic N) is 2. The lowest BCUT2D eigenvalue weighted by atomic mass is 10.0. The topological polar surface area (TPSA) is 85.4 Å². The Morgan fingerprint density at radius 1 is 1.20 bits per heavy atom. The Hall–Kier alpha value is -3.13. The Morgan fingerprint density at radius 2 is 1.97 bits per heavy atom. The van der Waals surface area contributed by atoms with Gasteiger partial charge in [-0.25, -0.2) is 19.2 Å². The minimum Gasteiger partial charge on any atom is -0.492 e. The number of carbonyl (C=O) groups is 1. The summed E-state index contributed by atoms with van der Waals surface area (Å²) in [4.78, 5) is 21.3. The number of benzene rings is 2. The molecule has 1 aliphatic rings. The van der Waals surface area contributed by atoms with Gasteiger partial charge >= 0.3 is 6.09 Å². The number of ether oxygens (including phenoxy) is 2. The molecule has 9 heteroatoms. The first-order valence-electron chi connectivity index (χ1n) is 11.8. The van der Waals surface area contributed by atoms with Gasteiger partial charge < -0.3 is 20.1 Å². The summed E-state index contributed by atoms with van der Waals surface area (Å²) in [7, 11) is 0. The largest absolute Gasteiger partial charge is 0.492 e. The first kappa shape index (κ1) is 25.0. The van der Waals surface area contributed by atoms with E-state index in [1.807, 2.05) is 39.8 Å². The number of aromatic nitrogens is 2. The number of amides is 1. The van der Waals surface area contributed by atoms with E-state index >= 15 is 0 Å². The van der Waals surface area contributed by atoms with Crippen LogP contribution in [0.2, 0.25) is 5.02 Å². The molecule has 35 heavy (non-hydrogen) atoms. The van der Waals surface area contributed by atoms with Crippen LogP contribution >= 0.6 is 11.6 Å². The summed E-state index contributed by atoms with van der Waals surface area (Å²) < 4.78 is 25.5. The van der Waals surface area contributed by atoms with Crippen molar-refractivity contribution >= 4 is 34.5 Å². The third-order valence-electron chi connectivity index (χ3n) is 5.76. The number of alkyl carbamates (subject to hydrolysis) is 1. The number of nitrogens with one attached hydrogen (secondary N) is 2. The van der Waals surface area contributed by atoms with E-state index in [1.165, 1.54) is 12.1 Å². The van der Waals surface area contributed by atoms with Crippen molar-refractivity contribution in [1.29, 1.82) is 0 Å². The molecule has 0 aliphatic heterocycles. The molecule has 2 N–H and O–H groups in total. The van der Waals surface area contributed by atoms with E-state index in [0.29, 0.717) is 29.4 Å². The highest BCUT2D eigenvalue weighted by Gasteiger charge is 2.30. The standard InChI is InChI=1S/C26H30ClFN4O3/c1-5-34-21-12-10-17(28)22(23(21)27)15-9-11-18-16(13-15)14-29-24(30-18)31-19-7-6-8-20(19)32-25(33)35-26(2,3)4/h9-14,19-20H,5-8H2,1-4H3,(H,32,33)(H,29,30,31)/t19-,20+/m1/s1. The van der Waals surface area contributed by atoms with Crippen molar-refractivity contribution in [2.24, 2.45) is 0 Å². The molecule has 1 fully saturated rings. The predicted molar refractivity (Wildman–Crippen MR) is 136 cm³/mol. The molecule has 0 saturated heterocycles. The molecule has 7 nitrogen and oxygen atoms in total. The van der Waals surface area contributed by atoms with Crippen LogP contribution in [0.25, 0.3) is 22.0 Å². The van der Waals surface area contributed by atoms with Crippen LogP contribution in [-0.2, 0) is 4.74 Å². The van der Waals surface area contributed by atoms with Crippen LogP contribution in [0.4, 0.5) is 15.1 Å². The maximum absolute atomic E-state index is 14.6. The van der Waals surface area contributed by atoms with Crippen molar-refractivity contribution in [3.8, 4) is 16.9 Å². The Kier molecular flexibility index (Phi) is 7.31. The van der Waals surface area contributed by atoms with Crippen molar-refractivity contribution < 1.29 is 18.7 Å². The van der Waals surface area contributed by atoms with Gasteiger partial charge in [0.15, 0.2) is 0 Å². The first-order chi connectivity index (χ1) is 16.6. The Bertz CT molecular complexity index is 1230. The second kappa shape index (κ2) is 10.2. The second-order valence-electron chi connectivity index (χ2n) is 9.57. The Morgan fingerprint density at radius 3 is 2.71 bits per heavy atom. The van der Waals surface area contributed by atoms with E-state index in [1.54, 1.807) is 12.3 Å². The summed E-state index contributed by atoms with van der Waals surface area (Å²) in [5.74, 6) is 0.477. The summed E-state index contributed by atoms with van der Waals surface area (Å²) in [5, 5.41) is 7.28. The van der Waals surface area contributed by atoms with Gasteiger partial charge in [0.1, 0.15) is 17.2 Å². The van der Waals surface area contributed by atoms with E-state index in [9.17, 15) is 9.18 Å². The number of fused-ring (bicyclic) bond motifs is 1. The molecule has 0 bridgehead atoms. The van der Waals surface area contributed by atoms with Gasteiger partial charge in [-0.3, -0.25) is 0 Å². The molecular weight excluding hydrogens is 471 g/mol. The molecule has 1 heterocycles. The SMILES string of the molecule is CCOc1ccc(F)c(-c2ccc3nc(N[C@@H]4CCC[C@@H]4NC(=O)OC(C)(C)C)ncc3c2)c1Cl. The van der Waals surface area contributed by atoms with Gasteiger partial charge in [-0.1, -0.05) is 17.7 Å². The minimum atomic E-state index is -0.552. The Labute approximate surface area is 209 Å². The van der Waals surface area contributed by atoms with Crippen molar-refractivity contribution in [1.82, 2.24) is 15.3 Å². The quantitative estimate of drug-likeness (QED) is 0.410. The molecule has 3 aromatic rings. The number of hydrogen-bond donors (Lipinski definition) is 2. The zero-order valence-corrected chi connectivity index (χ0v) is 21.1. The fourth-order valence-electron chi connectivity index (χ4n) is 4.25. The number of halogens is 2. The smallest absolute Gasteiger partial charge is 0.407 e. The number of rotatable bonds is 6. The average Bonchev–Trinajstić information content (AvgIpc) is 3.20. The molecular formula is C26H30ClFN4O3. The van der Waals surface area contributed by atoms with E-state index in [0.717, 1.165) is 24.6 Å². The average molecular weight is 501 g/mol. The van der Waals surface area contributed by atoms with E-state index in [2.05, 4.69) is 20.6 Å². The van der Waals surface area contributed by atoms with Crippen molar-refractivity contribution in [3.63, 3.8) is 0 Å². The highest BCUT2D eigenvalue weighted by molar-refractivity contribution is 6.34. The zero-order chi connectivity index (χ0) is 25.2. The lowest BCUT2D eigenvalue weighted by Gasteiger charge is -2.25. The van der Waals surface area contributed by atoms with Gasteiger partial charge in [0, 0.05) is 23.2 Å². The van der Waals surface area contributed by atoms with Gasteiger partial charge in [0.2, 0.25) is 5.95 Å². The van der Waals surface area contributed by atoms with Crippen LogP contribution in [0.5, 0.6) is 5.75 Å². The van der Waals surface area contributed by atoms with Crippen LogP contribution in [0.1, 0.15) is 47.0 Å². The molecule has 2 atom stereocenters. The van der Waals surface area contributed by atoms with Crippen LogP contribution in [0, 0.1) is 5.82 Å². The summed E-state index contributed by atoms with van der Waals surface area (Å²) in [5.41, 5.74) is 1.05. The van der Waals surface area contributed by atoms with E-state index < -0.39 is 17.5 Å². The molecule has 0 radical (unpaired) electrons. The summed E-state index contributed by atoms with van der Waals surface area (Å²) in [6.45, 7) is 7.79. The molecule has 1 aliphatic carbocycles. The number of anilines is 1. The molecule has 1 aromatic heterocycles. The monoisotopic (exact) mass is 500 g/mol. The zero-order valence-electron chi connectivity index (χ0n) is 20.3. The van der Waals surface area contributed by atoms with E-state index in [4.69, 9.17) is 21.1 Å². The molecule has 4 rings (SSSR count). The van der Waals surface area contributed by atoms with Crippen molar-refractivity contribution in [2.75, 3.05) is 11.9 Å². The molecule has 186 valence electrons. The van der Waals surface area contributed by atoms with Gasteiger partial charge in [-0.15, -0.1) is 0 Å². The first-order valence-corrected chi connectivity index (χ1v) is 12.2. The van der Waals surface area contributed by atoms with E-state index in [-0.39, 0.29) is 22.7 Å². The van der Waals surface area contributed by atoms with Crippen LogP contribution in [-0.4, -0.2) is 40.4 Å². The second-order valence-corrected chi connectivity index (χ2v) is 9.95. The summed E-state index contributed by atoms with van der Waals surface area (Å²) >= 11 is 6.44. The van der Waals surface area contributed by atoms with Gasteiger partial charge in [-0.2, -0.15) is 0 Å². The van der Waals surface area contributed by atoms with Gasteiger partial charge in [0.25, 0.3) is 0 Å². The summed E-state index contributed by atoms with van der Waals surface area (Å²) in [6.07, 6.45) is 3.97. The maximum Gasteiger partial charge on any atom is 0.407 e. The normalized spacial score (nSPS) is 17.9. The predicted octanol–water partition coefficient (Wildman–Crippen LogP) is 6.35. The Balaban J connectivity index is 1.52. The molecule has 1 saturated carbocycles. The minimum absolute atomic E-state index is 0.00607. The van der Waals surface area contributed by atoms with Crippen LogP contribution in [0.15, 0.2) is 36.5 Å². The summed E-state index contributed by atoms with van der Waals surface area (Å²) in [6, 6.07) is 8.20. The highest BCUT2D eigenvalue weighted by atomic mass is 35.5. The fourth-order valence-corrected chi connectivity index (χ4v) is 4.57. The fraction of sp³-hybridized carbons (Fsp3) is 0.423.